The largest absolute Gasteiger partial charge is 0.387 e. The van der Waals surface area contributed by atoms with E-state index in [1.165, 1.54) is 0 Å². The lowest BCUT2D eigenvalue weighted by molar-refractivity contribution is -0.00754. The molecule has 0 amide bonds. The van der Waals surface area contributed by atoms with Crippen LogP contribution in [-0.2, 0) is 12.8 Å². The first kappa shape index (κ1) is 12.1. The van der Waals surface area contributed by atoms with Gasteiger partial charge in [0.2, 0.25) is 5.89 Å². The maximum absolute atomic E-state index is 12.1. The van der Waals surface area contributed by atoms with E-state index in [1.807, 2.05) is 17.5 Å². The molecule has 0 bridgehead atoms. The summed E-state index contributed by atoms with van der Waals surface area (Å²) in [6.45, 7) is 0. The van der Waals surface area contributed by atoms with Crippen molar-refractivity contribution in [3.8, 4) is 0 Å². The van der Waals surface area contributed by atoms with Gasteiger partial charge in [0.15, 0.2) is 5.82 Å². The lowest BCUT2D eigenvalue weighted by Crippen LogP contribution is -2.20. The van der Waals surface area contributed by atoms with Gasteiger partial charge < -0.3 is 9.63 Å². The molecule has 1 N–H and O–H groups in total. The highest BCUT2D eigenvalue weighted by Gasteiger charge is 2.20. The van der Waals surface area contributed by atoms with Crippen LogP contribution in [0.2, 0.25) is 0 Å². The Morgan fingerprint density at radius 2 is 2.29 bits per heavy atom. The number of hydrogen-bond donors (Lipinski definition) is 1. The number of aliphatic hydroxyl groups is 1. The molecule has 2 heterocycles. The second-order valence-corrected chi connectivity index (χ2v) is 4.50. The first-order valence-corrected chi connectivity index (χ1v) is 5.83. The topological polar surface area (TPSA) is 59.2 Å². The van der Waals surface area contributed by atoms with Crippen molar-refractivity contribution in [2.45, 2.75) is 25.4 Å². The molecule has 17 heavy (non-hydrogen) atoms. The molecule has 0 aliphatic heterocycles. The third-order valence-corrected chi connectivity index (χ3v) is 2.97. The van der Waals surface area contributed by atoms with Crippen LogP contribution in [0.1, 0.15) is 16.6 Å². The number of thiophene rings is 1. The van der Waals surface area contributed by atoms with E-state index in [1.54, 1.807) is 11.3 Å². The van der Waals surface area contributed by atoms with Crippen LogP contribution in [-0.4, -0.2) is 27.8 Å². The van der Waals surface area contributed by atoms with Crippen molar-refractivity contribution in [3.63, 3.8) is 0 Å². The Labute approximate surface area is 99.9 Å². The zero-order valence-corrected chi connectivity index (χ0v) is 9.53. The Hall–Kier alpha value is -1.34. The molecule has 4 nitrogen and oxygen atoms in total. The van der Waals surface area contributed by atoms with Crippen molar-refractivity contribution in [1.82, 2.24) is 10.1 Å². The monoisotopic (exact) mass is 260 g/mol. The minimum Gasteiger partial charge on any atom is -0.387 e. The van der Waals surface area contributed by atoms with E-state index in [2.05, 4.69) is 10.1 Å². The zero-order valence-electron chi connectivity index (χ0n) is 8.72. The minimum atomic E-state index is -2.80. The summed E-state index contributed by atoms with van der Waals surface area (Å²) in [5.74, 6) is 0.466. The highest BCUT2D eigenvalue weighted by molar-refractivity contribution is 7.09. The Morgan fingerprint density at radius 1 is 1.47 bits per heavy atom. The fourth-order valence-electron chi connectivity index (χ4n) is 1.28. The number of alkyl halides is 2. The van der Waals surface area contributed by atoms with Crippen LogP contribution in [0.15, 0.2) is 22.0 Å². The van der Waals surface area contributed by atoms with Gasteiger partial charge in [-0.1, -0.05) is 11.2 Å². The van der Waals surface area contributed by atoms with Crippen molar-refractivity contribution in [1.29, 1.82) is 0 Å². The van der Waals surface area contributed by atoms with Crippen molar-refractivity contribution in [2.24, 2.45) is 0 Å². The maximum atomic E-state index is 12.1. The summed E-state index contributed by atoms with van der Waals surface area (Å²) < 4.78 is 29.0. The maximum Gasteiger partial charge on any atom is 0.264 e. The molecule has 2 aromatic rings. The molecular formula is C10H10F2N2O2S. The molecule has 2 aromatic heterocycles. The SMILES string of the molecule is OC(Cc1nc(Cc2cccs2)no1)C(F)F. The van der Waals surface area contributed by atoms with E-state index >= 15 is 0 Å². The highest BCUT2D eigenvalue weighted by atomic mass is 32.1. The van der Waals surface area contributed by atoms with E-state index < -0.39 is 12.5 Å². The Morgan fingerprint density at radius 3 is 2.94 bits per heavy atom. The predicted molar refractivity (Wildman–Crippen MR) is 57.1 cm³/mol. The van der Waals surface area contributed by atoms with Crippen LogP contribution in [0.5, 0.6) is 0 Å². The van der Waals surface area contributed by atoms with Crippen LogP contribution >= 0.6 is 11.3 Å². The van der Waals surface area contributed by atoms with Crippen molar-refractivity contribution >= 4 is 11.3 Å². The van der Waals surface area contributed by atoms with Gasteiger partial charge in [0.05, 0.1) is 6.42 Å². The third-order valence-electron chi connectivity index (χ3n) is 2.10. The van der Waals surface area contributed by atoms with Gasteiger partial charge in [0.1, 0.15) is 6.10 Å². The average Bonchev–Trinajstić information content (AvgIpc) is 2.91. The van der Waals surface area contributed by atoms with Crippen molar-refractivity contribution in [2.75, 3.05) is 0 Å². The Balaban J connectivity index is 1.96. The second kappa shape index (κ2) is 5.33. The van der Waals surface area contributed by atoms with Crippen molar-refractivity contribution in [3.05, 3.63) is 34.1 Å². The molecule has 0 radical (unpaired) electrons. The summed E-state index contributed by atoms with van der Waals surface area (Å²) in [6.07, 6.45) is -4.38. The molecule has 0 fully saturated rings. The fraction of sp³-hybridized carbons (Fsp3) is 0.400. The molecule has 92 valence electrons. The standard InChI is InChI=1S/C10H10F2N2O2S/c11-10(12)7(15)5-9-13-8(14-16-9)4-6-2-1-3-17-6/h1-3,7,10,15H,4-5H2. The van der Waals surface area contributed by atoms with E-state index in [0.29, 0.717) is 12.2 Å². The number of rotatable bonds is 5. The van der Waals surface area contributed by atoms with Gasteiger partial charge in [-0.2, -0.15) is 4.98 Å². The summed E-state index contributed by atoms with van der Waals surface area (Å²) >= 11 is 1.55. The highest BCUT2D eigenvalue weighted by Crippen LogP contribution is 2.14. The van der Waals surface area contributed by atoms with Gasteiger partial charge in [-0.15, -0.1) is 11.3 Å². The number of aliphatic hydroxyl groups excluding tert-OH is 1. The smallest absolute Gasteiger partial charge is 0.264 e. The van der Waals surface area contributed by atoms with Crippen LogP contribution in [0, 0.1) is 0 Å². The van der Waals surface area contributed by atoms with Gasteiger partial charge in [-0.05, 0) is 11.4 Å². The van der Waals surface area contributed by atoms with Crippen LogP contribution in [0.25, 0.3) is 0 Å². The molecule has 7 heteroatoms. The van der Waals surface area contributed by atoms with E-state index in [4.69, 9.17) is 9.63 Å². The minimum absolute atomic E-state index is 0.0318. The van der Waals surface area contributed by atoms with E-state index in [9.17, 15) is 8.78 Å². The lowest BCUT2D eigenvalue weighted by atomic mass is 10.2. The zero-order chi connectivity index (χ0) is 12.3. The van der Waals surface area contributed by atoms with E-state index in [0.717, 1.165) is 4.88 Å². The molecule has 0 aliphatic carbocycles. The number of aromatic nitrogens is 2. The molecule has 1 atom stereocenters. The molecule has 2 rings (SSSR count). The molecule has 1 unspecified atom stereocenters. The third kappa shape index (κ3) is 3.31. The van der Waals surface area contributed by atoms with E-state index in [-0.39, 0.29) is 12.3 Å². The summed E-state index contributed by atoms with van der Waals surface area (Å²) in [7, 11) is 0. The molecular weight excluding hydrogens is 250 g/mol. The molecule has 0 spiro atoms. The molecule has 0 saturated heterocycles. The first-order chi connectivity index (χ1) is 8.15. The quantitative estimate of drug-likeness (QED) is 0.891. The van der Waals surface area contributed by atoms with Gasteiger partial charge in [0.25, 0.3) is 6.43 Å². The Kier molecular flexibility index (Phi) is 3.80. The number of halogens is 2. The van der Waals surface area contributed by atoms with Gasteiger partial charge >= 0.3 is 0 Å². The fourth-order valence-corrected chi connectivity index (χ4v) is 1.98. The predicted octanol–water partition coefficient (Wildman–Crippen LogP) is 1.89. The summed E-state index contributed by atoms with van der Waals surface area (Å²) in [6, 6.07) is 3.83. The first-order valence-electron chi connectivity index (χ1n) is 4.95. The van der Waals surface area contributed by atoms with Gasteiger partial charge in [0, 0.05) is 11.3 Å². The molecule has 0 aliphatic rings. The molecule has 0 saturated carbocycles. The summed E-state index contributed by atoms with van der Waals surface area (Å²) in [5.41, 5.74) is 0. The Bertz CT molecular complexity index is 459. The summed E-state index contributed by atoms with van der Waals surface area (Å²) in [4.78, 5) is 5.00. The average molecular weight is 260 g/mol. The summed E-state index contributed by atoms with van der Waals surface area (Å²) in [5, 5.41) is 14.6. The van der Waals surface area contributed by atoms with Crippen LogP contribution in [0.3, 0.4) is 0 Å². The normalized spacial score (nSPS) is 13.2. The molecule has 0 aromatic carbocycles. The van der Waals surface area contributed by atoms with Crippen molar-refractivity contribution < 1.29 is 18.4 Å². The van der Waals surface area contributed by atoms with Crippen LogP contribution < -0.4 is 0 Å². The van der Waals surface area contributed by atoms with Crippen LogP contribution in [0.4, 0.5) is 8.78 Å². The van der Waals surface area contributed by atoms with Gasteiger partial charge in [-0.3, -0.25) is 0 Å². The second-order valence-electron chi connectivity index (χ2n) is 3.47. The lowest BCUT2D eigenvalue weighted by Gasteiger charge is -2.04. The number of nitrogens with zero attached hydrogens (tertiary/aromatic N) is 2. The van der Waals surface area contributed by atoms with Gasteiger partial charge in [-0.25, -0.2) is 8.78 Å². The number of hydrogen-bond acceptors (Lipinski definition) is 5.